The number of nitrogens with zero attached hydrogens (tertiary/aromatic N) is 7. The smallest absolute Gasteiger partial charge is 0.318 e. The molecule has 1 aromatic carbocycles. The number of aryl methyl sites for hydroxylation is 1. The van der Waals surface area contributed by atoms with Crippen molar-refractivity contribution in [1.29, 1.82) is 5.26 Å². The molecule has 0 aliphatic carbocycles. The number of amides is 1. The summed E-state index contributed by atoms with van der Waals surface area (Å²) in [5.41, 5.74) is 6.09. The number of carbonyl (C=O) groups is 1. The van der Waals surface area contributed by atoms with Crippen LogP contribution < -0.4 is 14.5 Å². The second kappa shape index (κ2) is 14.5. The lowest BCUT2D eigenvalue weighted by Gasteiger charge is -2.38. The number of ether oxygens (including phenoxy) is 1. The average Bonchev–Trinajstić information content (AvgIpc) is 3.44. The van der Waals surface area contributed by atoms with Gasteiger partial charge in [-0.15, -0.1) is 0 Å². The van der Waals surface area contributed by atoms with E-state index in [2.05, 4.69) is 60.4 Å². The second-order valence-electron chi connectivity index (χ2n) is 10.1. The highest BCUT2D eigenvalue weighted by atomic mass is 16.5. The van der Waals surface area contributed by atoms with Crippen molar-refractivity contribution < 1.29 is 9.53 Å². The van der Waals surface area contributed by atoms with E-state index in [0.717, 1.165) is 44.1 Å². The number of fused-ring (bicyclic) bond motifs is 1. The molecule has 1 amide bonds. The van der Waals surface area contributed by atoms with Crippen molar-refractivity contribution in [1.82, 2.24) is 19.8 Å². The zero-order valence-corrected chi connectivity index (χ0v) is 24.2. The fraction of sp³-hybridized carbons (Fsp3) is 0.533. The van der Waals surface area contributed by atoms with Gasteiger partial charge in [-0.3, -0.25) is 4.79 Å². The molecule has 0 bridgehead atoms. The number of benzene rings is 1. The molecule has 9 heteroatoms. The maximum atomic E-state index is 11.9. The molecule has 2 saturated heterocycles. The monoisotopic (exact) mass is 533 g/mol. The zero-order chi connectivity index (χ0) is 28.4. The molecule has 0 spiro atoms. The Bertz CT molecular complexity index is 1160. The van der Waals surface area contributed by atoms with Gasteiger partial charge in [-0.1, -0.05) is 18.7 Å². The van der Waals surface area contributed by atoms with Crippen LogP contribution >= 0.6 is 0 Å². The van der Waals surface area contributed by atoms with Crippen molar-refractivity contribution in [3.05, 3.63) is 53.2 Å². The van der Waals surface area contributed by atoms with Crippen LogP contribution in [0.4, 0.5) is 11.5 Å². The molecule has 5 rings (SSSR count). The Hall–Kier alpha value is -3.64. The molecule has 0 atom stereocenters. The van der Waals surface area contributed by atoms with Gasteiger partial charge in [0, 0.05) is 50.9 Å². The summed E-state index contributed by atoms with van der Waals surface area (Å²) in [6.07, 6.45) is 5.09. The maximum Gasteiger partial charge on any atom is 0.318 e. The van der Waals surface area contributed by atoms with Gasteiger partial charge >= 0.3 is 6.01 Å². The van der Waals surface area contributed by atoms with Crippen LogP contribution in [0.5, 0.6) is 6.01 Å². The van der Waals surface area contributed by atoms with Gasteiger partial charge in [0.1, 0.15) is 5.82 Å². The van der Waals surface area contributed by atoms with Crippen molar-refractivity contribution in [2.24, 2.45) is 0 Å². The molecule has 0 unspecified atom stereocenters. The number of methoxy groups -OCH3 is 1. The molecule has 3 aliphatic heterocycles. The largest absolute Gasteiger partial charge is 0.467 e. The number of aromatic nitrogens is 2. The lowest BCUT2D eigenvalue weighted by Crippen LogP contribution is -2.49. The Balaban J connectivity index is 0.000000400. The maximum absolute atomic E-state index is 11.9. The summed E-state index contributed by atoms with van der Waals surface area (Å²) in [6.45, 7) is 16.5. The van der Waals surface area contributed by atoms with Crippen LogP contribution in [0, 0.1) is 25.2 Å². The van der Waals surface area contributed by atoms with E-state index in [-0.39, 0.29) is 5.91 Å². The normalized spacial score (nSPS) is 16.7. The summed E-state index contributed by atoms with van der Waals surface area (Å²) >= 11 is 0. The molecule has 210 valence electrons. The zero-order valence-electron chi connectivity index (χ0n) is 24.2. The van der Waals surface area contributed by atoms with E-state index >= 15 is 0 Å². The van der Waals surface area contributed by atoms with Crippen LogP contribution in [0.3, 0.4) is 0 Å². The number of hydrogen-bond donors (Lipinski definition) is 0. The Kier molecular flexibility index (Phi) is 11.1. The molecular weight excluding hydrogens is 490 g/mol. The minimum Gasteiger partial charge on any atom is -0.467 e. The van der Waals surface area contributed by atoms with Crippen molar-refractivity contribution in [2.45, 2.75) is 46.6 Å². The van der Waals surface area contributed by atoms with Crippen LogP contribution in [0.1, 0.15) is 42.1 Å². The van der Waals surface area contributed by atoms with Gasteiger partial charge in [0.05, 0.1) is 25.4 Å². The lowest BCUT2D eigenvalue weighted by molar-refractivity contribution is -0.126. The van der Waals surface area contributed by atoms with Gasteiger partial charge < -0.3 is 24.3 Å². The first-order valence-corrected chi connectivity index (χ1v) is 13.7. The van der Waals surface area contributed by atoms with E-state index in [1.54, 1.807) is 13.2 Å². The van der Waals surface area contributed by atoms with Crippen LogP contribution in [-0.2, 0) is 17.8 Å². The SMILES string of the molecule is C=CC(=O)N1CCN(c2nc(OC)nc3c2CCN(c2cccc(C)c2C)C3)CC1.CC#N.CN1CCCC1. The lowest BCUT2D eigenvalue weighted by atomic mass is 10.0. The molecule has 0 N–H and O–H groups in total. The van der Waals surface area contributed by atoms with Crippen molar-refractivity contribution in [3.8, 4) is 12.1 Å². The highest BCUT2D eigenvalue weighted by Gasteiger charge is 2.28. The number of hydrogen-bond acceptors (Lipinski definition) is 8. The van der Waals surface area contributed by atoms with Gasteiger partial charge in [-0.05, 0) is 76.5 Å². The van der Waals surface area contributed by atoms with Crippen molar-refractivity contribution in [3.63, 3.8) is 0 Å². The predicted octanol–water partition coefficient (Wildman–Crippen LogP) is 3.74. The number of rotatable bonds is 4. The fourth-order valence-corrected chi connectivity index (χ4v) is 5.17. The number of anilines is 2. The fourth-order valence-electron chi connectivity index (χ4n) is 5.17. The predicted molar refractivity (Wildman–Crippen MR) is 156 cm³/mol. The Morgan fingerprint density at radius 3 is 2.28 bits per heavy atom. The molecule has 0 saturated carbocycles. The standard InChI is InChI=1S/C23H29N5O2.C5H11N.C2H3N/c1-5-21(29)26-11-13-27(14-12-26)22-18-9-10-28(15-19(18)24-23(25-22)30-4)20-8-6-7-16(2)17(20)3;1-6-4-2-3-5-6;1-2-3/h5-8H,1,9-15H2,2-4H3;2-5H2,1H3;1H3. The number of nitriles is 1. The van der Waals surface area contributed by atoms with Gasteiger partial charge in [-0.2, -0.15) is 15.2 Å². The highest BCUT2D eigenvalue weighted by Crippen LogP contribution is 2.33. The Morgan fingerprint density at radius 2 is 1.72 bits per heavy atom. The molecule has 39 heavy (non-hydrogen) atoms. The van der Waals surface area contributed by atoms with E-state index in [4.69, 9.17) is 20.0 Å². The molecule has 9 nitrogen and oxygen atoms in total. The average molecular weight is 534 g/mol. The first kappa shape index (κ1) is 29.9. The van der Waals surface area contributed by atoms with Crippen LogP contribution in [0.2, 0.25) is 0 Å². The van der Waals surface area contributed by atoms with Gasteiger partial charge in [0.2, 0.25) is 5.91 Å². The summed E-state index contributed by atoms with van der Waals surface area (Å²) in [5.74, 6) is 0.935. The summed E-state index contributed by atoms with van der Waals surface area (Å²) in [6, 6.07) is 8.60. The van der Waals surface area contributed by atoms with Gasteiger partial charge in [-0.25, -0.2) is 0 Å². The molecule has 1 aromatic heterocycles. The minimum absolute atomic E-state index is 0.0129. The topological polar surface area (TPSA) is 88.8 Å². The summed E-state index contributed by atoms with van der Waals surface area (Å²) in [7, 11) is 3.78. The van der Waals surface area contributed by atoms with E-state index in [1.807, 2.05) is 4.90 Å². The van der Waals surface area contributed by atoms with Crippen molar-refractivity contribution in [2.75, 3.05) is 69.8 Å². The Labute approximate surface area is 233 Å². The summed E-state index contributed by atoms with van der Waals surface area (Å²) < 4.78 is 5.43. The first-order valence-electron chi connectivity index (χ1n) is 13.7. The first-order chi connectivity index (χ1) is 18.8. The van der Waals surface area contributed by atoms with Crippen molar-refractivity contribution >= 4 is 17.4 Å². The van der Waals surface area contributed by atoms with E-state index in [9.17, 15) is 4.79 Å². The van der Waals surface area contributed by atoms with E-state index in [0.29, 0.717) is 19.1 Å². The third-order valence-electron chi connectivity index (χ3n) is 7.52. The third-order valence-corrected chi connectivity index (χ3v) is 7.52. The number of likely N-dealkylation sites (tertiary alicyclic amines) is 1. The number of carbonyl (C=O) groups excluding carboxylic acids is 1. The quantitative estimate of drug-likeness (QED) is 0.549. The molecule has 0 radical (unpaired) electrons. The minimum atomic E-state index is -0.0129. The number of piperazine rings is 1. The summed E-state index contributed by atoms with van der Waals surface area (Å²) in [5, 5.41) is 7.32. The molecular formula is C30H43N7O2. The second-order valence-corrected chi connectivity index (χ2v) is 10.1. The molecule has 2 fully saturated rings. The molecule has 4 heterocycles. The highest BCUT2D eigenvalue weighted by molar-refractivity contribution is 5.87. The van der Waals surface area contributed by atoms with E-state index < -0.39 is 0 Å². The van der Waals surface area contributed by atoms with E-state index in [1.165, 1.54) is 61.3 Å². The van der Waals surface area contributed by atoms with Gasteiger partial charge in [0.25, 0.3) is 0 Å². The molecule has 3 aliphatic rings. The van der Waals surface area contributed by atoms with Gasteiger partial charge in [0.15, 0.2) is 0 Å². The Morgan fingerprint density at radius 1 is 1.05 bits per heavy atom. The van der Waals surface area contributed by atoms with Crippen LogP contribution in [0.25, 0.3) is 0 Å². The summed E-state index contributed by atoms with van der Waals surface area (Å²) in [4.78, 5) is 30.1. The van der Waals surface area contributed by atoms with Crippen LogP contribution in [-0.4, -0.2) is 85.6 Å². The van der Waals surface area contributed by atoms with Crippen LogP contribution in [0.15, 0.2) is 30.9 Å². The molecule has 2 aromatic rings. The third kappa shape index (κ3) is 7.70.